The van der Waals surface area contributed by atoms with Gasteiger partial charge in [-0.15, -0.1) is 0 Å². The first-order chi connectivity index (χ1) is 15.1. The average molecular weight is 433 g/mol. The Morgan fingerprint density at radius 2 is 1.19 bits per heavy atom. The maximum Gasteiger partial charge on any atom is 0.306 e. The molecule has 0 aliphatic heterocycles. The van der Waals surface area contributed by atoms with Crippen LogP contribution in [0.2, 0.25) is 0 Å². The summed E-state index contributed by atoms with van der Waals surface area (Å²) in [6.45, 7) is 5.47. The van der Waals surface area contributed by atoms with Crippen LogP contribution in [0.5, 0.6) is 0 Å². The fraction of sp³-hybridized carbons (Fsp3) is 0.704. The zero-order chi connectivity index (χ0) is 22.6. The number of unbranched alkanes of at least 4 members (excludes halogenated alkanes) is 9. The minimum absolute atomic E-state index is 0.0547. The molecule has 0 aromatic heterocycles. The van der Waals surface area contributed by atoms with E-state index in [1.165, 1.54) is 25.7 Å². The molecule has 0 bridgehead atoms. The normalized spacial score (nSPS) is 10.9. The van der Waals surface area contributed by atoms with Crippen LogP contribution >= 0.6 is 0 Å². The molecule has 0 amide bonds. The van der Waals surface area contributed by atoms with Gasteiger partial charge >= 0.3 is 11.9 Å². The number of esters is 2. The number of ether oxygens (including phenoxy) is 2. The van der Waals surface area contributed by atoms with E-state index in [-0.39, 0.29) is 11.9 Å². The topological polar surface area (TPSA) is 52.6 Å². The van der Waals surface area contributed by atoms with E-state index in [4.69, 9.17) is 9.47 Å². The van der Waals surface area contributed by atoms with Crippen molar-refractivity contribution >= 4 is 11.9 Å². The predicted molar refractivity (Wildman–Crippen MR) is 127 cm³/mol. The molecule has 31 heavy (non-hydrogen) atoms. The van der Waals surface area contributed by atoms with Crippen molar-refractivity contribution in [2.45, 2.75) is 110 Å². The van der Waals surface area contributed by atoms with Crippen molar-refractivity contribution in [3.05, 3.63) is 35.9 Å². The molecule has 4 nitrogen and oxygen atoms in total. The minimum atomic E-state index is -0.123. The van der Waals surface area contributed by atoms with Crippen LogP contribution in [0.15, 0.2) is 30.3 Å². The van der Waals surface area contributed by atoms with Crippen LogP contribution in [0.3, 0.4) is 0 Å². The largest absolute Gasteiger partial charge is 0.466 e. The Hall–Kier alpha value is -1.84. The van der Waals surface area contributed by atoms with Crippen molar-refractivity contribution in [1.29, 1.82) is 0 Å². The average Bonchev–Trinajstić information content (AvgIpc) is 2.76. The van der Waals surface area contributed by atoms with Gasteiger partial charge in [-0.2, -0.15) is 0 Å². The summed E-state index contributed by atoms with van der Waals surface area (Å²) >= 11 is 0. The molecule has 4 heteroatoms. The highest BCUT2D eigenvalue weighted by molar-refractivity contribution is 5.69. The summed E-state index contributed by atoms with van der Waals surface area (Å²) < 4.78 is 10.6. The Balaban J connectivity index is 1.82. The minimum Gasteiger partial charge on any atom is -0.466 e. The Kier molecular flexibility index (Phi) is 16.6. The number of hydrogen-bond donors (Lipinski definition) is 0. The van der Waals surface area contributed by atoms with Crippen molar-refractivity contribution in [1.82, 2.24) is 0 Å². The molecule has 0 spiro atoms. The molecule has 0 N–H and O–H groups in total. The van der Waals surface area contributed by atoms with Crippen LogP contribution in [-0.4, -0.2) is 18.5 Å². The number of carbonyl (C=O) groups is 2. The molecule has 0 saturated carbocycles. The van der Waals surface area contributed by atoms with Crippen LogP contribution in [0, 0.1) is 5.92 Å². The summed E-state index contributed by atoms with van der Waals surface area (Å²) in [6, 6.07) is 9.75. The van der Waals surface area contributed by atoms with E-state index < -0.39 is 0 Å². The van der Waals surface area contributed by atoms with Crippen LogP contribution < -0.4 is 0 Å². The van der Waals surface area contributed by atoms with Gasteiger partial charge in [0.15, 0.2) is 0 Å². The zero-order valence-electron chi connectivity index (χ0n) is 19.9. The molecular weight excluding hydrogens is 388 g/mol. The second kappa shape index (κ2) is 18.9. The third-order valence-corrected chi connectivity index (χ3v) is 5.44. The van der Waals surface area contributed by atoms with Crippen LogP contribution in [-0.2, 0) is 25.7 Å². The van der Waals surface area contributed by atoms with Crippen molar-refractivity contribution < 1.29 is 19.1 Å². The summed E-state index contributed by atoms with van der Waals surface area (Å²) in [7, 11) is 0. The summed E-state index contributed by atoms with van der Waals surface area (Å²) in [6.07, 6.45) is 14.4. The van der Waals surface area contributed by atoms with E-state index in [2.05, 4.69) is 13.8 Å². The molecule has 0 saturated heterocycles. The fourth-order valence-corrected chi connectivity index (χ4v) is 3.50. The van der Waals surface area contributed by atoms with E-state index in [0.29, 0.717) is 26.1 Å². The highest BCUT2D eigenvalue weighted by Gasteiger charge is 2.05. The third-order valence-electron chi connectivity index (χ3n) is 5.44. The van der Waals surface area contributed by atoms with Gasteiger partial charge in [0.2, 0.25) is 0 Å². The van der Waals surface area contributed by atoms with E-state index in [1.807, 2.05) is 30.3 Å². The summed E-state index contributed by atoms with van der Waals surface area (Å²) in [5.74, 6) is 0.623. The van der Waals surface area contributed by atoms with Gasteiger partial charge in [0, 0.05) is 12.8 Å². The quantitative estimate of drug-likeness (QED) is 0.169. The standard InChI is InChI=1S/C27H44O4/c1-24(2)17-11-6-5-9-16-22-30-26(28)20-14-7-3-4-8-15-21-27(29)31-23-25-18-12-10-13-19-25/h10,12-13,18-19,24H,3-9,11,14-17,20-23H2,1-2H3. The van der Waals surface area contributed by atoms with Crippen LogP contribution in [0.1, 0.15) is 109 Å². The monoisotopic (exact) mass is 432 g/mol. The lowest BCUT2D eigenvalue weighted by molar-refractivity contribution is -0.145. The molecule has 0 atom stereocenters. The first-order valence-corrected chi connectivity index (χ1v) is 12.4. The number of rotatable bonds is 19. The zero-order valence-corrected chi connectivity index (χ0v) is 19.9. The van der Waals surface area contributed by atoms with Crippen LogP contribution in [0.25, 0.3) is 0 Å². The van der Waals surface area contributed by atoms with Crippen molar-refractivity contribution in [3.63, 3.8) is 0 Å². The van der Waals surface area contributed by atoms with E-state index in [1.54, 1.807) is 0 Å². The summed E-state index contributed by atoms with van der Waals surface area (Å²) in [5, 5.41) is 0. The summed E-state index contributed by atoms with van der Waals surface area (Å²) in [5.41, 5.74) is 1.02. The van der Waals surface area contributed by atoms with Gasteiger partial charge in [-0.05, 0) is 30.7 Å². The lowest BCUT2D eigenvalue weighted by Crippen LogP contribution is -2.05. The van der Waals surface area contributed by atoms with Crippen molar-refractivity contribution in [3.8, 4) is 0 Å². The van der Waals surface area contributed by atoms with Crippen molar-refractivity contribution in [2.24, 2.45) is 5.92 Å². The Morgan fingerprint density at radius 3 is 1.81 bits per heavy atom. The molecule has 0 aliphatic rings. The van der Waals surface area contributed by atoms with Crippen molar-refractivity contribution in [2.75, 3.05) is 6.61 Å². The molecule has 1 rings (SSSR count). The SMILES string of the molecule is CC(C)CCCCCCCOC(=O)CCCCCCCCC(=O)OCc1ccccc1. The maximum absolute atomic E-state index is 11.8. The number of hydrogen-bond acceptors (Lipinski definition) is 4. The smallest absolute Gasteiger partial charge is 0.306 e. The van der Waals surface area contributed by atoms with Gasteiger partial charge in [-0.3, -0.25) is 9.59 Å². The first kappa shape index (κ1) is 27.2. The Labute approximate surface area is 190 Å². The molecule has 1 aromatic carbocycles. The molecule has 1 aromatic rings. The molecule has 0 radical (unpaired) electrons. The molecular formula is C27H44O4. The van der Waals surface area contributed by atoms with Gasteiger partial charge in [-0.25, -0.2) is 0 Å². The molecule has 0 unspecified atom stereocenters. The Bertz CT molecular complexity index is 568. The van der Waals surface area contributed by atoms with Gasteiger partial charge in [0.1, 0.15) is 6.61 Å². The highest BCUT2D eigenvalue weighted by atomic mass is 16.5. The lowest BCUT2D eigenvalue weighted by atomic mass is 10.0. The fourth-order valence-electron chi connectivity index (χ4n) is 3.50. The molecule has 0 heterocycles. The summed E-state index contributed by atoms with van der Waals surface area (Å²) in [4.78, 5) is 23.5. The maximum atomic E-state index is 11.8. The third kappa shape index (κ3) is 17.5. The number of carbonyl (C=O) groups excluding carboxylic acids is 2. The number of benzene rings is 1. The molecule has 0 aliphatic carbocycles. The van der Waals surface area contributed by atoms with E-state index in [0.717, 1.165) is 62.8 Å². The second-order valence-corrected chi connectivity index (χ2v) is 8.94. The van der Waals surface area contributed by atoms with Crippen LogP contribution in [0.4, 0.5) is 0 Å². The van der Waals surface area contributed by atoms with Gasteiger partial charge in [0.25, 0.3) is 0 Å². The predicted octanol–water partition coefficient (Wildman–Crippen LogP) is 7.39. The van der Waals surface area contributed by atoms with Gasteiger partial charge in [-0.1, -0.05) is 102 Å². The van der Waals surface area contributed by atoms with E-state index in [9.17, 15) is 9.59 Å². The van der Waals surface area contributed by atoms with E-state index >= 15 is 0 Å². The Morgan fingerprint density at radius 1 is 0.677 bits per heavy atom. The highest BCUT2D eigenvalue weighted by Crippen LogP contribution is 2.12. The van der Waals surface area contributed by atoms with Gasteiger partial charge < -0.3 is 9.47 Å². The van der Waals surface area contributed by atoms with Gasteiger partial charge in [0.05, 0.1) is 6.61 Å². The molecule has 176 valence electrons. The molecule has 0 fully saturated rings. The second-order valence-electron chi connectivity index (χ2n) is 8.94. The lowest BCUT2D eigenvalue weighted by Gasteiger charge is -2.06. The first-order valence-electron chi connectivity index (χ1n) is 12.4.